The van der Waals surface area contributed by atoms with Crippen molar-refractivity contribution in [3.63, 3.8) is 0 Å². The van der Waals surface area contributed by atoms with Crippen LogP contribution in [0.4, 0.5) is 5.69 Å². The number of benzene rings is 1. The van der Waals surface area contributed by atoms with Gasteiger partial charge in [0, 0.05) is 7.11 Å². The van der Waals surface area contributed by atoms with Crippen LogP contribution in [0.1, 0.15) is 25.7 Å². The lowest BCUT2D eigenvalue weighted by atomic mass is 9.80. The molecule has 1 aliphatic rings. The molecule has 0 unspecified atom stereocenters. The summed E-state index contributed by atoms with van der Waals surface area (Å²) in [5, 5.41) is 13.3. The van der Waals surface area contributed by atoms with Gasteiger partial charge in [-0.1, -0.05) is 12.1 Å². The lowest BCUT2D eigenvalue weighted by Crippen LogP contribution is -2.46. The highest BCUT2D eigenvalue weighted by Gasteiger charge is 2.35. The fraction of sp³-hybridized carbons (Fsp3) is 0.600. The number of hydrogen-bond acceptors (Lipinski definition) is 4. The van der Waals surface area contributed by atoms with Gasteiger partial charge in [-0.2, -0.15) is 0 Å². The molecule has 4 nitrogen and oxygen atoms in total. The predicted molar refractivity (Wildman–Crippen MR) is 75.7 cm³/mol. The van der Waals surface area contributed by atoms with Crippen LogP contribution >= 0.6 is 0 Å². The van der Waals surface area contributed by atoms with Crippen molar-refractivity contribution in [3.8, 4) is 5.75 Å². The second-order valence-electron chi connectivity index (χ2n) is 5.20. The number of para-hydroxylation sites is 2. The molecule has 0 radical (unpaired) electrons. The molecule has 4 heteroatoms. The Labute approximate surface area is 114 Å². The van der Waals surface area contributed by atoms with Crippen LogP contribution in [0, 0.1) is 0 Å². The van der Waals surface area contributed by atoms with Gasteiger partial charge >= 0.3 is 0 Å². The zero-order valence-electron chi connectivity index (χ0n) is 11.7. The van der Waals surface area contributed by atoms with Crippen LogP contribution in [0.2, 0.25) is 0 Å². The van der Waals surface area contributed by atoms with Gasteiger partial charge in [0.05, 0.1) is 31.0 Å². The Morgan fingerprint density at radius 3 is 2.53 bits per heavy atom. The lowest BCUT2D eigenvalue weighted by Gasteiger charge is -2.40. The molecular formula is C15H23NO3. The van der Waals surface area contributed by atoms with Crippen LogP contribution < -0.4 is 10.1 Å². The first-order valence-electron chi connectivity index (χ1n) is 6.78. The van der Waals surface area contributed by atoms with Gasteiger partial charge in [-0.05, 0) is 37.8 Å². The Bertz CT molecular complexity index is 400. The first-order chi connectivity index (χ1) is 9.23. The third kappa shape index (κ3) is 3.19. The van der Waals surface area contributed by atoms with Crippen LogP contribution in [0.15, 0.2) is 24.3 Å². The zero-order valence-corrected chi connectivity index (χ0v) is 11.7. The Morgan fingerprint density at radius 2 is 1.95 bits per heavy atom. The highest BCUT2D eigenvalue weighted by atomic mass is 16.5. The van der Waals surface area contributed by atoms with Gasteiger partial charge in [0.15, 0.2) is 0 Å². The molecule has 0 heterocycles. The molecule has 1 aromatic rings. The molecule has 1 saturated carbocycles. The van der Waals surface area contributed by atoms with Crippen molar-refractivity contribution in [2.45, 2.75) is 37.3 Å². The molecule has 2 N–H and O–H groups in total. The van der Waals surface area contributed by atoms with Gasteiger partial charge in [-0.15, -0.1) is 0 Å². The molecule has 106 valence electrons. The summed E-state index contributed by atoms with van der Waals surface area (Å²) in [4.78, 5) is 0. The topological polar surface area (TPSA) is 50.7 Å². The van der Waals surface area contributed by atoms with Crippen LogP contribution in [0.3, 0.4) is 0 Å². The van der Waals surface area contributed by atoms with E-state index in [9.17, 15) is 5.11 Å². The number of anilines is 1. The molecule has 0 atom stereocenters. The predicted octanol–water partition coefficient (Wildman–Crippen LogP) is 2.43. The van der Waals surface area contributed by atoms with E-state index in [0.717, 1.165) is 37.1 Å². The van der Waals surface area contributed by atoms with E-state index in [-0.39, 0.29) is 12.1 Å². The van der Waals surface area contributed by atoms with Crippen molar-refractivity contribution in [3.05, 3.63) is 24.3 Å². The van der Waals surface area contributed by atoms with Crippen molar-refractivity contribution in [2.75, 3.05) is 26.1 Å². The minimum Gasteiger partial charge on any atom is -0.495 e. The SMILES string of the molecule is COc1ccccc1NC1(CO)CCC(OC)CC1. The second kappa shape index (κ2) is 6.26. The Balaban J connectivity index is 2.11. The quantitative estimate of drug-likeness (QED) is 0.858. The summed E-state index contributed by atoms with van der Waals surface area (Å²) in [6.07, 6.45) is 4.07. The molecule has 0 amide bonds. The summed E-state index contributed by atoms with van der Waals surface area (Å²) in [6.45, 7) is 0.126. The highest BCUT2D eigenvalue weighted by molar-refractivity contribution is 5.57. The maximum atomic E-state index is 9.78. The minimum absolute atomic E-state index is 0.126. The molecule has 1 aliphatic carbocycles. The number of rotatable bonds is 5. The smallest absolute Gasteiger partial charge is 0.141 e. The molecule has 1 aromatic carbocycles. The number of ether oxygens (including phenoxy) is 2. The molecule has 0 aromatic heterocycles. The first-order valence-corrected chi connectivity index (χ1v) is 6.78. The summed E-state index contributed by atoms with van der Waals surface area (Å²) < 4.78 is 10.7. The number of hydrogen-bond donors (Lipinski definition) is 2. The monoisotopic (exact) mass is 265 g/mol. The summed E-state index contributed by atoms with van der Waals surface area (Å²) in [6, 6.07) is 7.82. The molecule has 19 heavy (non-hydrogen) atoms. The van der Waals surface area contributed by atoms with Gasteiger partial charge in [-0.25, -0.2) is 0 Å². The van der Waals surface area contributed by atoms with Crippen molar-refractivity contribution in [1.82, 2.24) is 0 Å². The van der Waals surface area contributed by atoms with Crippen LogP contribution in [0.5, 0.6) is 5.75 Å². The Hall–Kier alpha value is -1.26. The van der Waals surface area contributed by atoms with E-state index in [0.29, 0.717) is 6.10 Å². The van der Waals surface area contributed by atoms with Crippen molar-refractivity contribution >= 4 is 5.69 Å². The van der Waals surface area contributed by atoms with E-state index in [2.05, 4.69) is 5.32 Å². The average Bonchev–Trinajstić information content (AvgIpc) is 2.48. The van der Waals surface area contributed by atoms with E-state index in [1.165, 1.54) is 0 Å². The molecule has 0 aliphatic heterocycles. The van der Waals surface area contributed by atoms with Gasteiger partial charge in [-0.3, -0.25) is 0 Å². The highest BCUT2D eigenvalue weighted by Crippen LogP contribution is 2.35. The molecule has 0 spiro atoms. The maximum absolute atomic E-state index is 9.78. The second-order valence-corrected chi connectivity index (χ2v) is 5.20. The molecule has 0 bridgehead atoms. The summed E-state index contributed by atoms with van der Waals surface area (Å²) >= 11 is 0. The first kappa shape index (κ1) is 14.2. The standard InChI is InChI=1S/C15H23NO3/c1-18-12-7-9-15(11-17,10-8-12)16-13-5-3-4-6-14(13)19-2/h3-6,12,16-17H,7-11H2,1-2H3. The van der Waals surface area contributed by atoms with E-state index in [4.69, 9.17) is 9.47 Å². The zero-order chi connectivity index (χ0) is 13.7. The summed E-state index contributed by atoms with van der Waals surface area (Å²) in [5.41, 5.74) is 0.679. The average molecular weight is 265 g/mol. The van der Waals surface area contributed by atoms with Gasteiger partial charge < -0.3 is 19.9 Å². The van der Waals surface area contributed by atoms with Crippen LogP contribution in [0.25, 0.3) is 0 Å². The third-order valence-electron chi connectivity index (χ3n) is 4.03. The largest absolute Gasteiger partial charge is 0.495 e. The number of methoxy groups -OCH3 is 2. The van der Waals surface area contributed by atoms with Gasteiger partial charge in [0.1, 0.15) is 5.75 Å². The number of nitrogens with one attached hydrogen (secondary N) is 1. The fourth-order valence-electron chi connectivity index (χ4n) is 2.74. The maximum Gasteiger partial charge on any atom is 0.141 e. The lowest BCUT2D eigenvalue weighted by molar-refractivity contribution is 0.0410. The van der Waals surface area contributed by atoms with Crippen molar-refractivity contribution in [2.24, 2.45) is 0 Å². The fourth-order valence-corrected chi connectivity index (χ4v) is 2.74. The van der Waals surface area contributed by atoms with Gasteiger partial charge in [0.2, 0.25) is 0 Å². The number of aliphatic hydroxyl groups excluding tert-OH is 1. The Kier molecular flexibility index (Phi) is 4.66. The normalized spacial score (nSPS) is 27.0. The minimum atomic E-state index is -0.260. The number of aliphatic hydroxyl groups is 1. The van der Waals surface area contributed by atoms with Crippen LogP contribution in [-0.2, 0) is 4.74 Å². The van der Waals surface area contributed by atoms with E-state index in [1.807, 2.05) is 24.3 Å². The van der Waals surface area contributed by atoms with Gasteiger partial charge in [0.25, 0.3) is 0 Å². The molecular weight excluding hydrogens is 242 g/mol. The van der Waals surface area contributed by atoms with E-state index in [1.54, 1.807) is 14.2 Å². The third-order valence-corrected chi connectivity index (χ3v) is 4.03. The Morgan fingerprint density at radius 1 is 1.26 bits per heavy atom. The van der Waals surface area contributed by atoms with E-state index < -0.39 is 0 Å². The van der Waals surface area contributed by atoms with Crippen molar-refractivity contribution in [1.29, 1.82) is 0 Å². The van der Waals surface area contributed by atoms with E-state index >= 15 is 0 Å². The molecule has 0 saturated heterocycles. The summed E-state index contributed by atoms with van der Waals surface area (Å²) in [7, 11) is 3.41. The molecule has 1 fully saturated rings. The van der Waals surface area contributed by atoms with Crippen LogP contribution in [-0.4, -0.2) is 37.6 Å². The van der Waals surface area contributed by atoms with Crippen molar-refractivity contribution < 1.29 is 14.6 Å². The molecule has 2 rings (SSSR count). The summed E-state index contributed by atoms with van der Waals surface area (Å²) in [5.74, 6) is 0.809.